The molecule has 92 valence electrons. The quantitative estimate of drug-likeness (QED) is 0.541. The zero-order valence-electron chi connectivity index (χ0n) is 11.9. The molecular weight excluding hydrogens is 218 g/mol. The third-order valence-corrected chi connectivity index (χ3v) is 10.9. The van der Waals surface area contributed by atoms with Crippen LogP contribution in [0.2, 0.25) is 0 Å². The van der Waals surface area contributed by atoms with Crippen LogP contribution in [0.4, 0.5) is 0 Å². The van der Waals surface area contributed by atoms with Gasteiger partial charge in [0.05, 0.1) is 0 Å². The molecule has 0 aromatic carbocycles. The first-order valence-electron chi connectivity index (χ1n) is 6.28. The summed E-state index contributed by atoms with van der Waals surface area (Å²) >= 11 is 0. The largest absolute Gasteiger partial charge is 0.0970 e. The smallest absolute Gasteiger partial charge is 0.0111 e. The van der Waals surface area contributed by atoms with Crippen LogP contribution >= 0.6 is 15.8 Å². The first kappa shape index (κ1) is 15.9. The van der Waals surface area contributed by atoms with Gasteiger partial charge in [-0.2, -0.15) is 0 Å². The third-order valence-electron chi connectivity index (χ3n) is 2.98. The second kappa shape index (κ2) is 7.24. The van der Waals surface area contributed by atoms with Crippen LogP contribution in [0.3, 0.4) is 0 Å². The van der Waals surface area contributed by atoms with Crippen molar-refractivity contribution in [3.05, 3.63) is 0 Å². The van der Waals surface area contributed by atoms with Crippen molar-refractivity contribution in [1.82, 2.24) is 0 Å². The van der Waals surface area contributed by atoms with Crippen LogP contribution in [-0.2, 0) is 0 Å². The first-order valence-corrected chi connectivity index (χ1v) is 9.61. The summed E-state index contributed by atoms with van der Waals surface area (Å²) in [4.78, 5) is 0. The van der Waals surface area contributed by atoms with Crippen LogP contribution in [0.5, 0.6) is 0 Å². The molecule has 2 heteroatoms. The van der Waals surface area contributed by atoms with E-state index in [9.17, 15) is 0 Å². The Bertz CT molecular complexity index is 128. The molecule has 0 fully saturated rings. The molecule has 0 aromatic heterocycles. The van der Waals surface area contributed by atoms with Crippen molar-refractivity contribution < 1.29 is 0 Å². The Hall–Kier alpha value is 0.860. The summed E-state index contributed by atoms with van der Waals surface area (Å²) < 4.78 is 0. The summed E-state index contributed by atoms with van der Waals surface area (Å²) in [6.45, 7) is 19.3. The Morgan fingerprint density at radius 2 is 0.733 bits per heavy atom. The maximum absolute atomic E-state index is 2.42. The van der Waals surface area contributed by atoms with Gasteiger partial charge in [0.25, 0.3) is 0 Å². The molecule has 0 atom stereocenters. The van der Waals surface area contributed by atoms with Gasteiger partial charge in [0.15, 0.2) is 0 Å². The van der Waals surface area contributed by atoms with Crippen molar-refractivity contribution in [3.8, 4) is 0 Å². The van der Waals surface area contributed by atoms with Gasteiger partial charge in [-0.1, -0.05) is 71.2 Å². The topological polar surface area (TPSA) is 0 Å². The molecule has 0 unspecified atom stereocenters. The van der Waals surface area contributed by atoms with E-state index in [1.54, 1.807) is 0 Å². The van der Waals surface area contributed by atoms with Gasteiger partial charge in [0.1, 0.15) is 0 Å². The number of rotatable bonds is 6. The summed E-state index contributed by atoms with van der Waals surface area (Å²) in [5, 5.41) is 0. The van der Waals surface area contributed by atoms with Crippen LogP contribution in [-0.4, -0.2) is 28.5 Å². The van der Waals surface area contributed by atoms with E-state index in [2.05, 4.69) is 55.4 Å². The molecule has 0 saturated carbocycles. The van der Waals surface area contributed by atoms with Crippen molar-refractivity contribution >= 4 is 15.8 Å². The van der Waals surface area contributed by atoms with E-state index in [1.807, 2.05) is 0 Å². The normalized spacial score (nSPS) is 13.2. The van der Waals surface area contributed by atoms with E-state index < -0.39 is 0 Å². The molecule has 0 spiro atoms. The van der Waals surface area contributed by atoms with Crippen LogP contribution < -0.4 is 0 Å². The molecule has 0 bridgehead atoms. The first-order chi connectivity index (χ1) is 6.77. The highest BCUT2D eigenvalue weighted by Gasteiger charge is 2.24. The van der Waals surface area contributed by atoms with Gasteiger partial charge in [0.2, 0.25) is 0 Å². The lowest BCUT2D eigenvalue weighted by Gasteiger charge is -2.34. The van der Waals surface area contributed by atoms with Gasteiger partial charge < -0.3 is 0 Å². The van der Waals surface area contributed by atoms with E-state index >= 15 is 0 Å². The van der Waals surface area contributed by atoms with E-state index in [0.29, 0.717) is 0 Å². The molecule has 15 heavy (non-hydrogen) atoms. The molecule has 0 aliphatic rings. The fourth-order valence-electron chi connectivity index (χ4n) is 2.03. The summed E-state index contributed by atoms with van der Waals surface area (Å²) in [6, 6.07) is 0. The molecular formula is C13H30P2. The Kier molecular flexibility index (Phi) is 7.65. The van der Waals surface area contributed by atoms with Crippen LogP contribution in [0.1, 0.15) is 55.4 Å². The second-order valence-corrected chi connectivity index (χ2v) is 12.9. The van der Waals surface area contributed by atoms with Crippen LogP contribution in [0.15, 0.2) is 0 Å². The second-order valence-electron chi connectivity index (χ2n) is 5.54. The zero-order valence-corrected chi connectivity index (χ0v) is 13.7. The Balaban J connectivity index is 4.48. The predicted molar refractivity (Wildman–Crippen MR) is 79.3 cm³/mol. The van der Waals surface area contributed by atoms with Gasteiger partial charge >= 0.3 is 0 Å². The average Bonchev–Trinajstić information content (AvgIpc) is 2.01. The molecule has 0 heterocycles. The Labute approximate surface area is 100 Å². The minimum atomic E-state index is 0.246. The lowest BCUT2D eigenvalue weighted by molar-refractivity contribution is 0.992. The van der Waals surface area contributed by atoms with Crippen molar-refractivity contribution in [2.45, 2.75) is 78.0 Å². The lowest BCUT2D eigenvalue weighted by Crippen LogP contribution is -2.12. The van der Waals surface area contributed by atoms with Crippen molar-refractivity contribution in [1.29, 1.82) is 0 Å². The fraction of sp³-hybridized carbons (Fsp3) is 1.00. The highest BCUT2D eigenvalue weighted by Crippen LogP contribution is 2.60. The molecule has 0 rings (SSSR count). The molecule has 0 aliphatic heterocycles. The van der Waals surface area contributed by atoms with Crippen molar-refractivity contribution in [2.24, 2.45) is 0 Å². The van der Waals surface area contributed by atoms with Crippen LogP contribution in [0.25, 0.3) is 0 Å². The zero-order chi connectivity index (χ0) is 12.2. The number of hydrogen-bond donors (Lipinski definition) is 0. The molecule has 0 aromatic rings. The Morgan fingerprint density at radius 3 is 0.867 bits per heavy atom. The molecule has 0 amide bonds. The summed E-state index contributed by atoms with van der Waals surface area (Å²) in [7, 11) is 0.492. The van der Waals surface area contributed by atoms with E-state index in [-0.39, 0.29) is 15.8 Å². The van der Waals surface area contributed by atoms with Gasteiger partial charge in [-0.15, -0.1) is 0 Å². The maximum Gasteiger partial charge on any atom is -0.0111 e. The van der Waals surface area contributed by atoms with E-state index in [1.165, 1.54) is 5.90 Å². The molecule has 0 saturated heterocycles. The molecule has 0 radical (unpaired) electrons. The van der Waals surface area contributed by atoms with Gasteiger partial charge in [-0.05, 0) is 28.5 Å². The standard InChI is InChI=1S/C13H30P2/c1-10(2)14(11(3)4)9-15(12(5)6)13(7)8/h10-13H,9H2,1-8H3. The van der Waals surface area contributed by atoms with Crippen LogP contribution in [0, 0.1) is 0 Å². The van der Waals surface area contributed by atoms with E-state index in [4.69, 9.17) is 0 Å². The molecule has 0 nitrogen and oxygen atoms in total. The van der Waals surface area contributed by atoms with Gasteiger partial charge in [-0.25, -0.2) is 0 Å². The lowest BCUT2D eigenvalue weighted by atomic mass is 10.5. The highest BCUT2D eigenvalue weighted by molar-refractivity contribution is 7.75. The van der Waals surface area contributed by atoms with Gasteiger partial charge in [0, 0.05) is 0 Å². The minimum Gasteiger partial charge on any atom is -0.0970 e. The van der Waals surface area contributed by atoms with E-state index in [0.717, 1.165) is 22.6 Å². The monoisotopic (exact) mass is 248 g/mol. The van der Waals surface area contributed by atoms with Crippen molar-refractivity contribution in [3.63, 3.8) is 0 Å². The highest BCUT2D eigenvalue weighted by atomic mass is 31.2. The fourth-order valence-corrected chi connectivity index (χ4v) is 11.2. The predicted octanol–water partition coefficient (Wildman–Crippen LogP) is 5.54. The average molecular weight is 248 g/mol. The molecule has 0 aliphatic carbocycles. The third kappa shape index (κ3) is 5.65. The van der Waals surface area contributed by atoms with Gasteiger partial charge in [-0.3, -0.25) is 0 Å². The summed E-state index contributed by atoms with van der Waals surface area (Å²) in [5.74, 6) is 1.54. The maximum atomic E-state index is 2.42. The minimum absolute atomic E-state index is 0.246. The Morgan fingerprint density at radius 1 is 0.533 bits per heavy atom. The molecule has 0 N–H and O–H groups in total. The summed E-state index contributed by atoms with van der Waals surface area (Å²) in [5.41, 5.74) is 3.62. The number of hydrogen-bond acceptors (Lipinski definition) is 0. The SMILES string of the molecule is CC(C)P(CP(C(C)C)C(C)C)C(C)C. The summed E-state index contributed by atoms with van der Waals surface area (Å²) in [6.07, 6.45) is 0. The van der Waals surface area contributed by atoms with Crippen molar-refractivity contribution in [2.75, 3.05) is 5.90 Å².